The van der Waals surface area contributed by atoms with Crippen LogP contribution in [0.4, 0.5) is 22.0 Å². The second-order valence-electron chi connectivity index (χ2n) is 4.20. The molecule has 0 radical (unpaired) electrons. The monoisotopic (exact) mass is 323 g/mol. The first-order valence-electron chi connectivity index (χ1n) is 5.68. The summed E-state index contributed by atoms with van der Waals surface area (Å²) in [4.78, 5) is 0. The number of alkyl halides is 3. The molecule has 0 saturated carbocycles. The number of hydrogen-bond acceptors (Lipinski definition) is 1. The largest absolute Gasteiger partial charge is 0.416 e. The van der Waals surface area contributed by atoms with Crippen molar-refractivity contribution in [1.82, 2.24) is 0 Å². The molecule has 2 aromatic rings. The zero-order valence-electron chi connectivity index (χ0n) is 10.5. The number of rotatable bonds is 2. The molecule has 0 fully saturated rings. The van der Waals surface area contributed by atoms with E-state index >= 15 is 0 Å². The van der Waals surface area contributed by atoms with Gasteiger partial charge in [0.1, 0.15) is 11.6 Å². The Morgan fingerprint density at radius 1 is 0.952 bits per heavy atom. The predicted octanol–water partition coefficient (Wildman–Crippen LogP) is 4.53. The lowest BCUT2D eigenvalue weighted by molar-refractivity contribution is -0.138. The second kappa shape index (κ2) is 6.41. The third kappa shape index (κ3) is 3.71. The normalized spacial score (nSPS) is 11.1. The summed E-state index contributed by atoms with van der Waals surface area (Å²) in [5.41, 5.74) is 4.19. The van der Waals surface area contributed by atoms with Gasteiger partial charge in [-0.15, -0.1) is 12.4 Å². The van der Waals surface area contributed by atoms with Crippen LogP contribution in [0, 0.1) is 11.6 Å². The predicted molar refractivity (Wildman–Crippen MR) is 71.9 cm³/mol. The maximum Gasteiger partial charge on any atom is 0.416 e. The quantitative estimate of drug-likeness (QED) is 0.807. The molecule has 7 heteroatoms. The van der Waals surface area contributed by atoms with Crippen molar-refractivity contribution >= 4 is 12.4 Å². The van der Waals surface area contributed by atoms with E-state index in [9.17, 15) is 22.0 Å². The Balaban J connectivity index is 0.00000220. The van der Waals surface area contributed by atoms with E-state index in [-0.39, 0.29) is 35.6 Å². The Morgan fingerprint density at radius 2 is 1.62 bits per heavy atom. The highest BCUT2D eigenvalue weighted by atomic mass is 35.5. The maximum atomic E-state index is 13.6. The Bertz CT molecular complexity index is 640. The van der Waals surface area contributed by atoms with E-state index in [1.807, 2.05) is 0 Å². The van der Waals surface area contributed by atoms with Crippen LogP contribution in [0.2, 0.25) is 0 Å². The van der Waals surface area contributed by atoms with Crippen LogP contribution in [0.3, 0.4) is 0 Å². The first-order chi connectivity index (χ1) is 9.32. The van der Waals surface area contributed by atoms with Crippen LogP contribution >= 0.6 is 12.4 Å². The summed E-state index contributed by atoms with van der Waals surface area (Å²) in [6.07, 6.45) is -4.58. The highest BCUT2D eigenvalue weighted by Crippen LogP contribution is 2.35. The van der Waals surface area contributed by atoms with Gasteiger partial charge in [0.15, 0.2) is 0 Å². The molecule has 0 amide bonds. The van der Waals surface area contributed by atoms with Crippen LogP contribution in [0.25, 0.3) is 11.1 Å². The molecular formula is C14H11ClF5N. The van der Waals surface area contributed by atoms with Gasteiger partial charge in [-0.05, 0) is 29.3 Å². The molecule has 0 heterocycles. The first kappa shape index (κ1) is 17.4. The molecule has 21 heavy (non-hydrogen) atoms. The smallest absolute Gasteiger partial charge is 0.326 e. The molecule has 0 bridgehead atoms. The van der Waals surface area contributed by atoms with Gasteiger partial charge in [-0.1, -0.05) is 12.1 Å². The average molecular weight is 324 g/mol. The van der Waals surface area contributed by atoms with Crippen molar-refractivity contribution < 1.29 is 22.0 Å². The van der Waals surface area contributed by atoms with Crippen molar-refractivity contribution in [2.24, 2.45) is 5.73 Å². The zero-order valence-corrected chi connectivity index (χ0v) is 11.4. The summed E-state index contributed by atoms with van der Waals surface area (Å²) in [6.45, 7) is -0.277. The molecule has 0 saturated heterocycles. The fourth-order valence-corrected chi connectivity index (χ4v) is 1.91. The lowest BCUT2D eigenvalue weighted by atomic mass is 9.98. The molecule has 2 rings (SSSR count). The minimum atomic E-state index is -4.58. The highest BCUT2D eigenvalue weighted by Gasteiger charge is 2.33. The molecule has 0 aliphatic rings. The molecule has 0 spiro atoms. The molecule has 2 N–H and O–H groups in total. The van der Waals surface area contributed by atoms with Gasteiger partial charge < -0.3 is 5.73 Å². The van der Waals surface area contributed by atoms with Crippen molar-refractivity contribution in [3.63, 3.8) is 0 Å². The first-order valence-corrected chi connectivity index (χ1v) is 5.68. The van der Waals surface area contributed by atoms with Gasteiger partial charge in [0.25, 0.3) is 0 Å². The molecule has 0 atom stereocenters. The summed E-state index contributed by atoms with van der Waals surface area (Å²) in [7, 11) is 0. The van der Waals surface area contributed by atoms with E-state index in [1.54, 1.807) is 0 Å². The molecule has 0 aromatic heterocycles. The Kier molecular flexibility index (Phi) is 5.31. The van der Waals surface area contributed by atoms with E-state index < -0.39 is 23.4 Å². The van der Waals surface area contributed by atoms with Crippen molar-refractivity contribution in [2.45, 2.75) is 12.7 Å². The standard InChI is InChI=1S/C14H10F5N.ClH/c15-10-3-4-11(13(16)6-10)8-1-2-9(7-20)12(5-8)14(17,18)19;/h1-6H,7,20H2;1H. The van der Waals surface area contributed by atoms with Crippen LogP contribution in [-0.2, 0) is 12.7 Å². The Morgan fingerprint density at radius 3 is 2.14 bits per heavy atom. The van der Waals surface area contributed by atoms with Crippen LogP contribution < -0.4 is 5.73 Å². The van der Waals surface area contributed by atoms with Crippen LogP contribution in [0.1, 0.15) is 11.1 Å². The summed E-state index contributed by atoms with van der Waals surface area (Å²) in [5.74, 6) is -1.71. The van der Waals surface area contributed by atoms with Gasteiger partial charge in [0.2, 0.25) is 0 Å². The number of benzene rings is 2. The Labute approximate surface area is 124 Å². The minimum absolute atomic E-state index is 0. The molecule has 0 unspecified atom stereocenters. The lowest BCUT2D eigenvalue weighted by Gasteiger charge is -2.14. The van der Waals surface area contributed by atoms with Crippen LogP contribution in [0.15, 0.2) is 36.4 Å². The zero-order chi connectivity index (χ0) is 14.9. The van der Waals surface area contributed by atoms with Gasteiger partial charge in [-0.25, -0.2) is 8.78 Å². The molecule has 0 aliphatic heterocycles. The van der Waals surface area contributed by atoms with E-state index in [4.69, 9.17) is 5.73 Å². The average Bonchev–Trinajstić information content (AvgIpc) is 2.37. The van der Waals surface area contributed by atoms with Crippen molar-refractivity contribution in [3.8, 4) is 11.1 Å². The van der Waals surface area contributed by atoms with Gasteiger partial charge >= 0.3 is 6.18 Å². The number of nitrogens with two attached hydrogens (primary N) is 1. The van der Waals surface area contributed by atoms with Crippen molar-refractivity contribution in [3.05, 3.63) is 59.2 Å². The molecule has 114 valence electrons. The molecule has 0 aliphatic carbocycles. The Hall–Kier alpha value is -1.66. The fraction of sp³-hybridized carbons (Fsp3) is 0.143. The molecular weight excluding hydrogens is 313 g/mol. The van der Waals surface area contributed by atoms with Crippen molar-refractivity contribution in [2.75, 3.05) is 0 Å². The lowest BCUT2D eigenvalue weighted by Crippen LogP contribution is -2.12. The summed E-state index contributed by atoms with van der Waals surface area (Å²) >= 11 is 0. The van der Waals surface area contributed by atoms with Gasteiger partial charge in [0.05, 0.1) is 5.56 Å². The summed E-state index contributed by atoms with van der Waals surface area (Å²) < 4.78 is 65.1. The van der Waals surface area contributed by atoms with Crippen LogP contribution in [0.5, 0.6) is 0 Å². The number of hydrogen-bond donors (Lipinski definition) is 1. The number of halogens is 6. The van der Waals surface area contributed by atoms with Crippen molar-refractivity contribution in [1.29, 1.82) is 0 Å². The second-order valence-corrected chi connectivity index (χ2v) is 4.20. The highest BCUT2D eigenvalue weighted by molar-refractivity contribution is 5.85. The van der Waals surface area contributed by atoms with E-state index in [2.05, 4.69) is 0 Å². The topological polar surface area (TPSA) is 26.0 Å². The van der Waals surface area contributed by atoms with Gasteiger partial charge in [0, 0.05) is 18.2 Å². The third-order valence-corrected chi connectivity index (χ3v) is 2.88. The van der Waals surface area contributed by atoms with Gasteiger partial charge in [-0.2, -0.15) is 13.2 Å². The van der Waals surface area contributed by atoms with E-state index in [0.717, 1.165) is 18.2 Å². The summed E-state index contributed by atoms with van der Waals surface area (Å²) in [6, 6.07) is 6.05. The molecule has 2 aromatic carbocycles. The SMILES string of the molecule is Cl.NCc1ccc(-c2ccc(F)cc2F)cc1C(F)(F)F. The molecule has 1 nitrogen and oxygen atoms in total. The van der Waals surface area contributed by atoms with E-state index in [0.29, 0.717) is 6.07 Å². The summed E-state index contributed by atoms with van der Waals surface area (Å²) in [5, 5.41) is 0. The van der Waals surface area contributed by atoms with Crippen LogP contribution in [-0.4, -0.2) is 0 Å². The minimum Gasteiger partial charge on any atom is -0.326 e. The van der Waals surface area contributed by atoms with E-state index in [1.165, 1.54) is 12.1 Å². The third-order valence-electron chi connectivity index (χ3n) is 2.88. The van der Waals surface area contributed by atoms with Gasteiger partial charge in [-0.3, -0.25) is 0 Å². The maximum absolute atomic E-state index is 13.6. The fourth-order valence-electron chi connectivity index (χ4n) is 1.91.